The fourth-order valence-corrected chi connectivity index (χ4v) is 3.97. The lowest BCUT2D eigenvalue weighted by Crippen LogP contribution is -2.42. The van der Waals surface area contributed by atoms with Gasteiger partial charge in [0.25, 0.3) is 0 Å². The van der Waals surface area contributed by atoms with Crippen LogP contribution in [0, 0.1) is 11.8 Å². The van der Waals surface area contributed by atoms with Crippen LogP contribution >= 0.6 is 0 Å². The molecule has 0 unspecified atom stereocenters. The third-order valence-electron chi connectivity index (χ3n) is 4.88. The molecule has 0 aromatic heterocycles. The fraction of sp³-hybridized carbons (Fsp3) is 0.632. The topological polar surface area (TPSA) is 41.6 Å². The summed E-state index contributed by atoms with van der Waals surface area (Å²) in [5.41, 5.74) is 0.932. The summed E-state index contributed by atoms with van der Waals surface area (Å²) in [6.07, 6.45) is 2.01. The monoisotopic (exact) mass is 316 g/mol. The zero-order valence-corrected chi connectivity index (χ0v) is 14.4. The number of hydrogen-bond donors (Lipinski definition) is 1. The number of rotatable bonds is 3. The average molecular weight is 316 g/mol. The van der Waals surface area contributed by atoms with Crippen molar-refractivity contribution in [3.63, 3.8) is 0 Å². The SMILES string of the molecule is CC(C)(C)OC(=O)N[C@@H]1CC[C@H]2CN(Cc3ccccc3)C[C@H]21. The first-order valence-electron chi connectivity index (χ1n) is 8.66. The van der Waals surface area contributed by atoms with Gasteiger partial charge in [-0.25, -0.2) is 4.79 Å². The van der Waals surface area contributed by atoms with E-state index in [1.165, 1.54) is 12.0 Å². The molecule has 1 aromatic rings. The van der Waals surface area contributed by atoms with Gasteiger partial charge in [-0.15, -0.1) is 0 Å². The highest BCUT2D eigenvalue weighted by atomic mass is 16.6. The van der Waals surface area contributed by atoms with Crippen LogP contribution in [0.25, 0.3) is 0 Å². The number of carbonyl (C=O) groups is 1. The average Bonchev–Trinajstić information content (AvgIpc) is 3.00. The van der Waals surface area contributed by atoms with E-state index in [9.17, 15) is 4.79 Å². The molecule has 126 valence electrons. The Morgan fingerprint density at radius 3 is 2.65 bits per heavy atom. The van der Waals surface area contributed by atoms with Gasteiger partial charge >= 0.3 is 6.09 Å². The van der Waals surface area contributed by atoms with Crippen LogP contribution in [0.5, 0.6) is 0 Å². The van der Waals surface area contributed by atoms with Crippen molar-refractivity contribution in [2.75, 3.05) is 13.1 Å². The maximum absolute atomic E-state index is 12.0. The number of benzene rings is 1. The van der Waals surface area contributed by atoms with Crippen LogP contribution in [0.4, 0.5) is 4.79 Å². The Morgan fingerprint density at radius 2 is 1.96 bits per heavy atom. The normalized spacial score (nSPS) is 27.7. The van der Waals surface area contributed by atoms with E-state index in [0.29, 0.717) is 11.8 Å². The Balaban J connectivity index is 1.53. The van der Waals surface area contributed by atoms with Crippen molar-refractivity contribution in [1.29, 1.82) is 0 Å². The van der Waals surface area contributed by atoms with E-state index in [1.807, 2.05) is 20.8 Å². The maximum atomic E-state index is 12.0. The molecule has 1 aliphatic heterocycles. The number of hydrogen-bond acceptors (Lipinski definition) is 3. The molecule has 3 rings (SSSR count). The molecule has 2 aliphatic rings. The number of ether oxygens (including phenoxy) is 1. The molecule has 0 radical (unpaired) electrons. The minimum atomic E-state index is -0.433. The van der Waals surface area contributed by atoms with Gasteiger partial charge in [-0.05, 0) is 51.0 Å². The number of amides is 1. The highest BCUT2D eigenvalue weighted by Crippen LogP contribution is 2.38. The summed E-state index contributed by atoms with van der Waals surface area (Å²) in [4.78, 5) is 14.6. The molecular weight excluding hydrogens is 288 g/mol. The summed E-state index contributed by atoms with van der Waals surface area (Å²) in [7, 11) is 0. The molecule has 1 N–H and O–H groups in total. The van der Waals surface area contributed by atoms with Crippen molar-refractivity contribution in [3.05, 3.63) is 35.9 Å². The molecule has 4 nitrogen and oxygen atoms in total. The maximum Gasteiger partial charge on any atom is 0.407 e. The van der Waals surface area contributed by atoms with E-state index in [0.717, 1.165) is 26.1 Å². The van der Waals surface area contributed by atoms with Gasteiger partial charge in [-0.3, -0.25) is 4.90 Å². The zero-order chi connectivity index (χ0) is 16.4. The van der Waals surface area contributed by atoms with Crippen LogP contribution in [-0.2, 0) is 11.3 Å². The molecule has 0 spiro atoms. The molecule has 1 saturated heterocycles. The lowest BCUT2D eigenvalue weighted by Gasteiger charge is -2.25. The Kier molecular flexibility index (Phi) is 4.62. The van der Waals surface area contributed by atoms with E-state index < -0.39 is 5.60 Å². The number of nitrogens with one attached hydrogen (secondary N) is 1. The van der Waals surface area contributed by atoms with Gasteiger partial charge in [0.05, 0.1) is 0 Å². The van der Waals surface area contributed by atoms with Gasteiger partial charge in [-0.2, -0.15) is 0 Å². The van der Waals surface area contributed by atoms with E-state index in [4.69, 9.17) is 4.74 Å². The molecule has 1 saturated carbocycles. The van der Waals surface area contributed by atoms with Gasteiger partial charge < -0.3 is 10.1 Å². The van der Waals surface area contributed by atoms with Crippen LogP contribution < -0.4 is 5.32 Å². The predicted octanol–water partition coefficient (Wildman–Crippen LogP) is 3.42. The molecule has 0 bridgehead atoms. The van der Waals surface area contributed by atoms with Crippen molar-refractivity contribution in [3.8, 4) is 0 Å². The second kappa shape index (κ2) is 6.52. The highest BCUT2D eigenvalue weighted by molar-refractivity contribution is 5.68. The Bertz CT molecular complexity index is 538. The molecule has 1 heterocycles. The molecule has 1 aromatic carbocycles. The standard InChI is InChI=1S/C19H28N2O2/c1-19(2,3)23-18(22)20-17-10-9-15-12-21(13-16(15)17)11-14-7-5-4-6-8-14/h4-8,15-17H,9-13H2,1-3H3,(H,20,22)/t15-,16+,17+/m0/s1. The minimum absolute atomic E-state index is 0.260. The number of alkyl carbamates (subject to hydrolysis) is 1. The first-order chi connectivity index (χ1) is 10.9. The molecule has 1 amide bonds. The first-order valence-corrected chi connectivity index (χ1v) is 8.66. The van der Waals surface area contributed by atoms with Gasteiger partial charge in [0.1, 0.15) is 5.60 Å². The Morgan fingerprint density at radius 1 is 1.22 bits per heavy atom. The number of fused-ring (bicyclic) bond motifs is 1. The number of carbonyl (C=O) groups excluding carboxylic acids is 1. The summed E-state index contributed by atoms with van der Waals surface area (Å²) in [6, 6.07) is 10.9. The largest absolute Gasteiger partial charge is 0.444 e. The second-order valence-corrected chi connectivity index (χ2v) is 7.93. The van der Waals surface area contributed by atoms with Crippen LogP contribution in [0.1, 0.15) is 39.2 Å². The zero-order valence-electron chi connectivity index (χ0n) is 14.4. The van der Waals surface area contributed by atoms with E-state index in [-0.39, 0.29) is 12.1 Å². The molecule has 2 fully saturated rings. The lowest BCUT2D eigenvalue weighted by molar-refractivity contribution is 0.0491. The van der Waals surface area contributed by atoms with Crippen molar-refractivity contribution >= 4 is 6.09 Å². The van der Waals surface area contributed by atoms with E-state index >= 15 is 0 Å². The van der Waals surface area contributed by atoms with Gasteiger partial charge in [0.15, 0.2) is 0 Å². The van der Waals surface area contributed by atoms with Gasteiger partial charge in [0, 0.05) is 25.7 Å². The smallest absolute Gasteiger partial charge is 0.407 e. The van der Waals surface area contributed by atoms with Crippen LogP contribution in [0.2, 0.25) is 0 Å². The van der Waals surface area contributed by atoms with Crippen molar-refractivity contribution < 1.29 is 9.53 Å². The van der Waals surface area contributed by atoms with Gasteiger partial charge in [0.2, 0.25) is 0 Å². The molecular formula is C19H28N2O2. The van der Waals surface area contributed by atoms with Gasteiger partial charge in [-0.1, -0.05) is 30.3 Å². The first kappa shape index (κ1) is 16.3. The Labute approximate surface area is 139 Å². The Hall–Kier alpha value is -1.55. The minimum Gasteiger partial charge on any atom is -0.444 e. The summed E-state index contributed by atoms with van der Waals surface area (Å²) < 4.78 is 5.41. The highest BCUT2D eigenvalue weighted by Gasteiger charge is 2.43. The van der Waals surface area contributed by atoms with Crippen molar-refractivity contribution in [2.24, 2.45) is 11.8 Å². The number of likely N-dealkylation sites (tertiary alicyclic amines) is 1. The summed E-state index contributed by atoms with van der Waals surface area (Å²) in [6.45, 7) is 8.93. The van der Waals surface area contributed by atoms with Crippen LogP contribution in [0.15, 0.2) is 30.3 Å². The van der Waals surface area contributed by atoms with Crippen LogP contribution in [-0.4, -0.2) is 35.7 Å². The lowest BCUT2D eigenvalue weighted by atomic mass is 9.98. The molecule has 1 aliphatic carbocycles. The summed E-state index contributed by atoms with van der Waals surface area (Å²) >= 11 is 0. The van der Waals surface area contributed by atoms with Crippen molar-refractivity contribution in [2.45, 2.75) is 51.8 Å². The summed E-state index contributed by atoms with van der Waals surface area (Å²) in [5, 5.41) is 3.10. The van der Waals surface area contributed by atoms with Crippen molar-refractivity contribution in [1.82, 2.24) is 10.2 Å². The van der Waals surface area contributed by atoms with E-state index in [1.54, 1.807) is 0 Å². The third-order valence-corrected chi connectivity index (χ3v) is 4.88. The molecule has 3 atom stereocenters. The number of nitrogens with zero attached hydrogens (tertiary/aromatic N) is 1. The quantitative estimate of drug-likeness (QED) is 0.929. The predicted molar refractivity (Wildman–Crippen MR) is 91.1 cm³/mol. The molecule has 23 heavy (non-hydrogen) atoms. The van der Waals surface area contributed by atoms with E-state index in [2.05, 4.69) is 40.5 Å². The third kappa shape index (κ3) is 4.25. The fourth-order valence-electron chi connectivity index (χ4n) is 3.97. The second-order valence-electron chi connectivity index (χ2n) is 7.93. The summed E-state index contributed by atoms with van der Waals surface area (Å²) in [5.74, 6) is 1.27. The molecule has 4 heteroatoms. The van der Waals surface area contributed by atoms with Crippen LogP contribution in [0.3, 0.4) is 0 Å².